The molecule has 0 N–H and O–H groups in total. The molecule has 0 radical (unpaired) electrons. The summed E-state index contributed by atoms with van der Waals surface area (Å²) in [6.45, 7) is 8.49. The summed E-state index contributed by atoms with van der Waals surface area (Å²) in [5.41, 5.74) is 1.98. The summed E-state index contributed by atoms with van der Waals surface area (Å²) in [5.74, 6) is -0.336. The van der Waals surface area contributed by atoms with Crippen LogP contribution in [0, 0.1) is 6.92 Å². The molecule has 1 heterocycles. The van der Waals surface area contributed by atoms with Gasteiger partial charge in [-0.3, -0.25) is 4.79 Å². The molecule has 0 fully saturated rings. The van der Waals surface area contributed by atoms with Crippen molar-refractivity contribution in [3.63, 3.8) is 0 Å². The molecular formula is C14H21NO3. The molecule has 0 aliphatic rings. The van der Waals surface area contributed by atoms with E-state index in [-0.39, 0.29) is 11.5 Å². The van der Waals surface area contributed by atoms with E-state index in [2.05, 4.69) is 0 Å². The minimum absolute atomic E-state index is 0.0424. The average molecular weight is 251 g/mol. The third-order valence-electron chi connectivity index (χ3n) is 2.96. The smallest absolute Gasteiger partial charge is 0.340 e. The number of carbonyl (C=O) groups excluding carboxylic acids is 1. The van der Waals surface area contributed by atoms with Crippen LogP contribution in [0.3, 0.4) is 0 Å². The lowest BCUT2D eigenvalue weighted by atomic mass is 10.0. The molecule has 0 spiro atoms. The summed E-state index contributed by atoms with van der Waals surface area (Å²) < 4.78 is 6.71. The Balaban J connectivity index is 3.41. The van der Waals surface area contributed by atoms with Crippen LogP contribution in [0.15, 0.2) is 10.9 Å². The zero-order chi connectivity index (χ0) is 13.7. The SMILES string of the molecule is CCCn1c(C)c(C(=O)OCC)c(CC)cc1=O. The molecule has 100 valence electrons. The first-order chi connectivity index (χ1) is 8.56. The molecule has 0 amide bonds. The summed E-state index contributed by atoms with van der Waals surface area (Å²) in [6, 6.07) is 1.55. The summed E-state index contributed by atoms with van der Waals surface area (Å²) >= 11 is 0. The highest BCUT2D eigenvalue weighted by Gasteiger charge is 2.18. The molecule has 1 rings (SSSR count). The fraction of sp³-hybridized carbons (Fsp3) is 0.571. The van der Waals surface area contributed by atoms with Crippen LogP contribution in [0.4, 0.5) is 0 Å². The standard InChI is InChI=1S/C14H21NO3/c1-5-8-15-10(4)13(14(17)18-7-3)11(6-2)9-12(15)16/h9H,5-8H2,1-4H3. The van der Waals surface area contributed by atoms with Crippen LogP contribution in [0.1, 0.15) is 48.8 Å². The molecule has 0 saturated carbocycles. The van der Waals surface area contributed by atoms with Gasteiger partial charge in [0, 0.05) is 18.3 Å². The number of ether oxygens (including phenoxy) is 1. The van der Waals surface area contributed by atoms with E-state index >= 15 is 0 Å². The Morgan fingerprint density at radius 1 is 1.33 bits per heavy atom. The normalized spacial score (nSPS) is 10.4. The Kier molecular flexibility index (Phi) is 5.13. The minimum atomic E-state index is -0.336. The highest BCUT2D eigenvalue weighted by Crippen LogP contribution is 2.15. The van der Waals surface area contributed by atoms with Crippen LogP contribution in [0.25, 0.3) is 0 Å². The fourth-order valence-electron chi connectivity index (χ4n) is 2.09. The van der Waals surface area contributed by atoms with Gasteiger partial charge < -0.3 is 9.30 Å². The van der Waals surface area contributed by atoms with E-state index in [4.69, 9.17) is 4.74 Å². The zero-order valence-corrected chi connectivity index (χ0v) is 11.6. The second-order valence-electron chi connectivity index (χ2n) is 4.19. The van der Waals surface area contributed by atoms with E-state index < -0.39 is 0 Å². The zero-order valence-electron chi connectivity index (χ0n) is 11.6. The molecule has 0 bridgehead atoms. The Morgan fingerprint density at radius 2 is 2.00 bits per heavy atom. The van der Waals surface area contributed by atoms with E-state index in [0.717, 1.165) is 12.0 Å². The number of rotatable bonds is 5. The average Bonchev–Trinajstić information content (AvgIpc) is 2.33. The lowest BCUT2D eigenvalue weighted by molar-refractivity contribution is 0.0523. The monoisotopic (exact) mass is 251 g/mol. The van der Waals surface area contributed by atoms with Gasteiger partial charge in [-0.2, -0.15) is 0 Å². The Labute approximate surface area is 108 Å². The van der Waals surface area contributed by atoms with Crippen molar-refractivity contribution in [3.8, 4) is 0 Å². The molecular weight excluding hydrogens is 230 g/mol. The summed E-state index contributed by atoms with van der Waals surface area (Å²) in [6.07, 6.45) is 1.51. The van der Waals surface area contributed by atoms with Crippen molar-refractivity contribution >= 4 is 5.97 Å². The molecule has 0 aliphatic heterocycles. The minimum Gasteiger partial charge on any atom is -0.462 e. The van der Waals surface area contributed by atoms with E-state index in [1.165, 1.54) is 0 Å². The molecule has 0 aromatic carbocycles. The number of esters is 1. The maximum absolute atomic E-state index is 12.0. The van der Waals surface area contributed by atoms with Crippen LogP contribution < -0.4 is 5.56 Å². The number of hydrogen-bond donors (Lipinski definition) is 0. The van der Waals surface area contributed by atoms with Crippen LogP contribution in [-0.4, -0.2) is 17.1 Å². The van der Waals surface area contributed by atoms with Crippen molar-refractivity contribution in [1.82, 2.24) is 4.57 Å². The summed E-state index contributed by atoms with van der Waals surface area (Å²) in [5, 5.41) is 0. The van der Waals surface area contributed by atoms with Gasteiger partial charge in [0.25, 0.3) is 5.56 Å². The number of aryl methyl sites for hydroxylation is 1. The van der Waals surface area contributed by atoms with E-state index in [0.29, 0.717) is 30.8 Å². The van der Waals surface area contributed by atoms with Crippen molar-refractivity contribution in [2.24, 2.45) is 0 Å². The second kappa shape index (κ2) is 6.38. The van der Waals surface area contributed by atoms with Gasteiger partial charge in [0.15, 0.2) is 0 Å². The lowest BCUT2D eigenvalue weighted by Gasteiger charge is -2.15. The van der Waals surface area contributed by atoms with E-state index in [1.807, 2.05) is 20.8 Å². The van der Waals surface area contributed by atoms with Crippen molar-refractivity contribution < 1.29 is 9.53 Å². The molecule has 0 saturated heterocycles. The maximum Gasteiger partial charge on any atom is 0.340 e. The molecule has 0 unspecified atom stereocenters. The fourth-order valence-corrected chi connectivity index (χ4v) is 2.09. The molecule has 0 atom stereocenters. The first-order valence-corrected chi connectivity index (χ1v) is 6.47. The van der Waals surface area contributed by atoms with Crippen LogP contribution in [0.5, 0.6) is 0 Å². The first-order valence-electron chi connectivity index (χ1n) is 6.47. The predicted octanol–water partition coefficient (Wildman–Crippen LogP) is 2.31. The number of aromatic nitrogens is 1. The molecule has 1 aromatic heterocycles. The predicted molar refractivity (Wildman–Crippen MR) is 71.1 cm³/mol. The molecule has 18 heavy (non-hydrogen) atoms. The quantitative estimate of drug-likeness (QED) is 0.754. The van der Waals surface area contributed by atoms with Crippen molar-refractivity contribution in [2.75, 3.05) is 6.61 Å². The largest absolute Gasteiger partial charge is 0.462 e. The third-order valence-corrected chi connectivity index (χ3v) is 2.96. The van der Waals surface area contributed by atoms with Crippen LogP contribution in [-0.2, 0) is 17.7 Å². The van der Waals surface area contributed by atoms with E-state index in [9.17, 15) is 9.59 Å². The third kappa shape index (κ3) is 2.81. The molecule has 4 heteroatoms. The number of pyridine rings is 1. The van der Waals surface area contributed by atoms with Crippen molar-refractivity contribution in [3.05, 3.63) is 33.2 Å². The lowest BCUT2D eigenvalue weighted by Crippen LogP contribution is -2.26. The van der Waals surface area contributed by atoms with Gasteiger partial charge in [0.2, 0.25) is 0 Å². The van der Waals surface area contributed by atoms with Gasteiger partial charge in [-0.1, -0.05) is 13.8 Å². The molecule has 0 aliphatic carbocycles. The van der Waals surface area contributed by atoms with Gasteiger partial charge in [-0.15, -0.1) is 0 Å². The number of nitrogens with zero attached hydrogens (tertiary/aromatic N) is 1. The van der Waals surface area contributed by atoms with Gasteiger partial charge in [-0.25, -0.2) is 4.79 Å². The van der Waals surface area contributed by atoms with E-state index in [1.54, 1.807) is 17.6 Å². The van der Waals surface area contributed by atoms with Crippen molar-refractivity contribution in [2.45, 2.75) is 47.1 Å². The Hall–Kier alpha value is -1.58. The highest BCUT2D eigenvalue weighted by atomic mass is 16.5. The van der Waals surface area contributed by atoms with Gasteiger partial charge in [0.05, 0.1) is 12.2 Å². The highest BCUT2D eigenvalue weighted by molar-refractivity contribution is 5.92. The molecule has 4 nitrogen and oxygen atoms in total. The summed E-state index contributed by atoms with van der Waals surface area (Å²) in [7, 11) is 0. The maximum atomic E-state index is 12.0. The van der Waals surface area contributed by atoms with Gasteiger partial charge in [0.1, 0.15) is 0 Å². The van der Waals surface area contributed by atoms with Crippen molar-refractivity contribution in [1.29, 1.82) is 0 Å². The van der Waals surface area contributed by atoms with Gasteiger partial charge >= 0.3 is 5.97 Å². The Bertz CT molecular complexity index is 489. The second-order valence-corrected chi connectivity index (χ2v) is 4.19. The summed E-state index contributed by atoms with van der Waals surface area (Å²) in [4.78, 5) is 23.9. The van der Waals surface area contributed by atoms with Gasteiger partial charge in [-0.05, 0) is 32.3 Å². The Morgan fingerprint density at radius 3 is 2.50 bits per heavy atom. The topological polar surface area (TPSA) is 48.3 Å². The number of carbonyl (C=O) groups is 1. The number of hydrogen-bond acceptors (Lipinski definition) is 3. The first kappa shape index (κ1) is 14.5. The van der Waals surface area contributed by atoms with Crippen LogP contribution >= 0.6 is 0 Å². The molecule has 1 aromatic rings. The van der Waals surface area contributed by atoms with Crippen LogP contribution in [0.2, 0.25) is 0 Å².